The molecule has 0 aliphatic carbocycles. The van der Waals surface area contributed by atoms with Crippen molar-refractivity contribution in [1.29, 1.82) is 0 Å². The van der Waals surface area contributed by atoms with Crippen molar-refractivity contribution in [3.63, 3.8) is 0 Å². The molecule has 0 atom stereocenters. The molecule has 0 unspecified atom stereocenters. The second kappa shape index (κ2) is 5.28. The third-order valence-electron chi connectivity index (χ3n) is 1.73. The lowest BCUT2D eigenvalue weighted by Crippen LogP contribution is -1.93. The number of benzene rings is 1. The fraction of sp³-hybridized carbons (Fsp3) is 0.182. The topological polar surface area (TPSA) is 52.3 Å². The van der Waals surface area contributed by atoms with E-state index in [2.05, 4.69) is 11.8 Å². The Morgan fingerprint density at radius 3 is 2.93 bits per heavy atom. The predicted octanol–water partition coefficient (Wildman–Crippen LogP) is 1.87. The summed E-state index contributed by atoms with van der Waals surface area (Å²) in [7, 11) is 1.52. The van der Waals surface area contributed by atoms with Crippen molar-refractivity contribution in [3.8, 4) is 17.6 Å². The number of aldehydes is 1. The number of nitrogen functional groups attached to an aromatic ring is 1. The SMILES string of the molecule is COc1cc(C#CCC=O)c(Cl)cc1N. The molecule has 1 rings (SSSR count). The van der Waals surface area contributed by atoms with Gasteiger partial charge in [0.05, 0.1) is 24.2 Å². The number of hydrogen-bond donors (Lipinski definition) is 1. The van der Waals surface area contributed by atoms with Gasteiger partial charge in [0.2, 0.25) is 0 Å². The highest BCUT2D eigenvalue weighted by Crippen LogP contribution is 2.28. The lowest BCUT2D eigenvalue weighted by Gasteiger charge is -2.05. The van der Waals surface area contributed by atoms with Crippen LogP contribution >= 0.6 is 11.6 Å². The van der Waals surface area contributed by atoms with Gasteiger partial charge in [-0.15, -0.1) is 0 Å². The quantitative estimate of drug-likeness (QED) is 0.473. The Bertz CT molecular complexity index is 432. The van der Waals surface area contributed by atoms with Gasteiger partial charge in [-0.2, -0.15) is 0 Å². The Hall–Kier alpha value is -1.66. The van der Waals surface area contributed by atoms with Crippen LogP contribution in [0, 0.1) is 11.8 Å². The highest BCUT2D eigenvalue weighted by molar-refractivity contribution is 6.32. The van der Waals surface area contributed by atoms with E-state index in [-0.39, 0.29) is 6.42 Å². The van der Waals surface area contributed by atoms with Gasteiger partial charge in [0.15, 0.2) is 0 Å². The van der Waals surface area contributed by atoms with Crippen LogP contribution in [0.15, 0.2) is 12.1 Å². The number of halogens is 1. The molecule has 0 amide bonds. The third kappa shape index (κ3) is 2.90. The molecule has 0 spiro atoms. The first-order valence-electron chi connectivity index (χ1n) is 4.24. The lowest BCUT2D eigenvalue weighted by molar-refractivity contribution is -0.107. The van der Waals surface area contributed by atoms with Gasteiger partial charge in [-0.3, -0.25) is 0 Å². The minimum Gasteiger partial charge on any atom is -0.495 e. The number of carbonyl (C=O) groups excluding carboxylic acids is 1. The fourth-order valence-corrected chi connectivity index (χ4v) is 1.25. The summed E-state index contributed by atoms with van der Waals surface area (Å²) >= 11 is 5.91. The molecule has 1 aromatic rings. The summed E-state index contributed by atoms with van der Waals surface area (Å²) in [6, 6.07) is 3.22. The van der Waals surface area contributed by atoms with Crippen molar-refractivity contribution in [2.24, 2.45) is 0 Å². The Morgan fingerprint density at radius 2 is 2.33 bits per heavy atom. The average Bonchev–Trinajstić information content (AvgIpc) is 2.21. The molecule has 15 heavy (non-hydrogen) atoms. The van der Waals surface area contributed by atoms with Crippen LogP contribution in [0.5, 0.6) is 5.75 Å². The normalized spacial score (nSPS) is 8.93. The summed E-state index contributed by atoms with van der Waals surface area (Å²) in [6.45, 7) is 0. The van der Waals surface area contributed by atoms with Crippen LogP contribution in [0.4, 0.5) is 5.69 Å². The first-order chi connectivity index (χ1) is 7.19. The molecule has 0 aromatic heterocycles. The van der Waals surface area contributed by atoms with E-state index in [1.54, 1.807) is 12.1 Å². The van der Waals surface area contributed by atoms with Crippen LogP contribution in [0.2, 0.25) is 5.02 Å². The van der Waals surface area contributed by atoms with E-state index in [4.69, 9.17) is 22.1 Å². The molecular weight excluding hydrogens is 214 g/mol. The molecule has 1 aromatic carbocycles. The smallest absolute Gasteiger partial charge is 0.143 e. The van der Waals surface area contributed by atoms with Crippen LogP contribution in [-0.4, -0.2) is 13.4 Å². The number of hydrogen-bond acceptors (Lipinski definition) is 3. The minimum atomic E-state index is 0.184. The van der Waals surface area contributed by atoms with Gasteiger partial charge in [0, 0.05) is 5.56 Å². The van der Waals surface area contributed by atoms with Gasteiger partial charge in [-0.05, 0) is 12.1 Å². The monoisotopic (exact) mass is 223 g/mol. The van der Waals surface area contributed by atoms with Gasteiger partial charge >= 0.3 is 0 Å². The standard InChI is InChI=1S/C11H10ClNO2/c1-15-11-6-8(4-2-3-5-14)9(12)7-10(11)13/h5-7H,3,13H2,1H3. The summed E-state index contributed by atoms with van der Waals surface area (Å²) < 4.78 is 5.03. The summed E-state index contributed by atoms with van der Waals surface area (Å²) in [5, 5.41) is 0.451. The number of nitrogens with two attached hydrogens (primary N) is 1. The molecule has 0 aliphatic rings. The first-order valence-corrected chi connectivity index (χ1v) is 4.62. The molecule has 0 radical (unpaired) electrons. The second-order valence-electron chi connectivity index (χ2n) is 2.75. The Kier molecular flexibility index (Phi) is 4.02. The van der Waals surface area contributed by atoms with Gasteiger partial charge in [0.1, 0.15) is 12.0 Å². The lowest BCUT2D eigenvalue weighted by atomic mass is 10.2. The van der Waals surface area contributed by atoms with Crippen LogP contribution in [0.25, 0.3) is 0 Å². The Balaban J connectivity index is 3.09. The second-order valence-corrected chi connectivity index (χ2v) is 3.15. The molecular formula is C11H10ClNO2. The summed E-state index contributed by atoms with van der Waals surface area (Å²) in [4.78, 5) is 10.1. The van der Waals surface area contributed by atoms with Crippen LogP contribution in [-0.2, 0) is 4.79 Å². The van der Waals surface area contributed by atoms with Gasteiger partial charge in [-0.1, -0.05) is 23.4 Å². The van der Waals surface area contributed by atoms with Crippen LogP contribution in [0.3, 0.4) is 0 Å². The maximum atomic E-state index is 10.1. The zero-order valence-electron chi connectivity index (χ0n) is 8.21. The van der Waals surface area contributed by atoms with Crippen molar-refractivity contribution >= 4 is 23.6 Å². The van der Waals surface area contributed by atoms with Gasteiger partial charge in [-0.25, -0.2) is 0 Å². The number of methoxy groups -OCH3 is 1. The van der Waals surface area contributed by atoms with Crippen molar-refractivity contribution in [3.05, 3.63) is 22.7 Å². The number of rotatable bonds is 2. The van der Waals surface area contributed by atoms with Gasteiger partial charge < -0.3 is 15.3 Å². The van der Waals surface area contributed by atoms with E-state index < -0.39 is 0 Å². The molecule has 78 valence electrons. The highest BCUT2D eigenvalue weighted by atomic mass is 35.5. The molecule has 0 saturated heterocycles. The van der Waals surface area contributed by atoms with Crippen molar-refractivity contribution < 1.29 is 9.53 Å². The molecule has 0 bridgehead atoms. The van der Waals surface area contributed by atoms with E-state index in [0.29, 0.717) is 22.0 Å². The molecule has 3 nitrogen and oxygen atoms in total. The molecule has 0 saturated carbocycles. The predicted molar refractivity (Wildman–Crippen MR) is 60.0 cm³/mol. The summed E-state index contributed by atoms with van der Waals surface area (Å²) in [6.07, 6.45) is 0.915. The largest absolute Gasteiger partial charge is 0.495 e. The molecule has 0 heterocycles. The number of ether oxygens (including phenoxy) is 1. The zero-order chi connectivity index (χ0) is 11.3. The maximum absolute atomic E-state index is 10.1. The maximum Gasteiger partial charge on any atom is 0.143 e. The third-order valence-corrected chi connectivity index (χ3v) is 2.04. The van der Waals surface area contributed by atoms with E-state index in [0.717, 1.165) is 6.29 Å². The number of carbonyl (C=O) groups is 1. The number of anilines is 1. The molecule has 2 N–H and O–H groups in total. The summed E-state index contributed by atoms with van der Waals surface area (Å²) in [5.74, 6) is 5.95. The molecule has 0 aliphatic heterocycles. The fourth-order valence-electron chi connectivity index (χ4n) is 1.03. The van der Waals surface area contributed by atoms with Crippen LogP contribution < -0.4 is 10.5 Å². The average molecular weight is 224 g/mol. The molecule has 0 fully saturated rings. The van der Waals surface area contributed by atoms with E-state index >= 15 is 0 Å². The zero-order valence-corrected chi connectivity index (χ0v) is 8.97. The van der Waals surface area contributed by atoms with Crippen molar-refractivity contribution in [2.75, 3.05) is 12.8 Å². The summed E-state index contributed by atoms with van der Waals surface area (Å²) in [5.41, 5.74) is 6.70. The van der Waals surface area contributed by atoms with Gasteiger partial charge in [0.25, 0.3) is 0 Å². The van der Waals surface area contributed by atoms with Crippen molar-refractivity contribution in [2.45, 2.75) is 6.42 Å². The van der Waals surface area contributed by atoms with E-state index in [9.17, 15) is 4.79 Å². The Morgan fingerprint density at radius 1 is 1.60 bits per heavy atom. The van der Waals surface area contributed by atoms with E-state index in [1.165, 1.54) is 7.11 Å². The highest BCUT2D eigenvalue weighted by Gasteiger charge is 2.04. The van der Waals surface area contributed by atoms with Crippen LogP contribution in [0.1, 0.15) is 12.0 Å². The Labute approximate surface area is 93.2 Å². The first kappa shape index (κ1) is 11.4. The molecule has 4 heteroatoms. The minimum absolute atomic E-state index is 0.184. The van der Waals surface area contributed by atoms with Crippen molar-refractivity contribution in [1.82, 2.24) is 0 Å². The van der Waals surface area contributed by atoms with E-state index in [1.807, 2.05) is 0 Å².